The number of carbonyl (C=O) groups excluding carboxylic acids is 1. The maximum Gasteiger partial charge on any atom is 0.416 e. The third-order valence-electron chi connectivity index (χ3n) is 1.63. The Morgan fingerprint density at radius 3 is 2.47 bits per heavy atom. The van der Waals surface area contributed by atoms with Gasteiger partial charge in [-0.1, -0.05) is 0 Å². The average molecular weight is 217 g/mol. The van der Waals surface area contributed by atoms with Gasteiger partial charge in [0.15, 0.2) is 0 Å². The molecule has 80 valence electrons. The van der Waals surface area contributed by atoms with E-state index >= 15 is 0 Å². The Morgan fingerprint density at radius 1 is 1.33 bits per heavy atom. The van der Waals surface area contributed by atoms with Crippen molar-refractivity contribution in [1.82, 2.24) is 0 Å². The number of hydrogen-bond donors (Lipinski definition) is 0. The monoisotopic (exact) mass is 217 g/mol. The highest BCUT2D eigenvalue weighted by atomic mass is 19.4. The van der Waals surface area contributed by atoms with Gasteiger partial charge < -0.3 is 4.74 Å². The van der Waals surface area contributed by atoms with Gasteiger partial charge in [0, 0.05) is 6.07 Å². The Balaban J connectivity index is 3.29. The minimum Gasteiger partial charge on any atom is -0.497 e. The van der Waals surface area contributed by atoms with E-state index in [4.69, 9.17) is 0 Å². The fourth-order valence-corrected chi connectivity index (χ4v) is 0.982. The molecule has 0 aliphatic rings. The van der Waals surface area contributed by atoms with Crippen LogP contribution in [0.5, 0.6) is 5.75 Å². The van der Waals surface area contributed by atoms with E-state index in [9.17, 15) is 18.0 Å². The van der Waals surface area contributed by atoms with E-state index in [0.717, 1.165) is 12.1 Å². The van der Waals surface area contributed by atoms with E-state index in [1.807, 2.05) is 0 Å². The summed E-state index contributed by atoms with van der Waals surface area (Å²) in [6.45, 7) is 0. The second-order valence-corrected chi connectivity index (χ2v) is 2.62. The maximum absolute atomic E-state index is 12.3. The Kier molecular flexibility index (Phi) is 3.11. The summed E-state index contributed by atoms with van der Waals surface area (Å²) in [4.78, 5) is 13.0. The number of aliphatic imine (C=N–C) groups is 1. The number of methoxy groups -OCH3 is 1. The van der Waals surface area contributed by atoms with E-state index in [1.54, 1.807) is 0 Å². The summed E-state index contributed by atoms with van der Waals surface area (Å²) in [5.74, 6) is -0.0150. The average Bonchev–Trinajstić information content (AvgIpc) is 2.16. The van der Waals surface area contributed by atoms with Crippen LogP contribution in [-0.2, 0) is 11.0 Å². The van der Waals surface area contributed by atoms with Crippen molar-refractivity contribution >= 4 is 11.8 Å². The molecule has 15 heavy (non-hydrogen) atoms. The second kappa shape index (κ2) is 4.14. The summed E-state index contributed by atoms with van der Waals surface area (Å²) in [6, 6.07) is 2.78. The van der Waals surface area contributed by atoms with Crippen LogP contribution < -0.4 is 4.74 Å². The largest absolute Gasteiger partial charge is 0.497 e. The highest BCUT2D eigenvalue weighted by Gasteiger charge is 2.31. The Bertz CT molecular complexity index is 408. The third-order valence-corrected chi connectivity index (χ3v) is 1.63. The van der Waals surface area contributed by atoms with Crippen molar-refractivity contribution in [2.75, 3.05) is 7.11 Å². The molecule has 0 fully saturated rings. The molecule has 0 bridgehead atoms. The molecule has 0 radical (unpaired) electrons. The maximum atomic E-state index is 12.3. The standard InChI is InChI=1S/C9H6F3NO2/c1-15-8-3-6(9(10,11)12)2-7(4-8)13-5-14/h2-4H,1H3. The molecule has 0 saturated heterocycles. The molecule has 0 unspecified atom stereocenters. The fraction of sp³-hybridized carbons (Fsp3) is 0.222. The van der Waals surface area contributed by atoms with Gasteiger partial charge in [-0.15, -0.1) is 0 Å². The molecule has 0 aromatic heterocycles. The van der Waals surface area contributed by atoms with Crippen LogP contribution in [0.1, 0.15) is 5.56 Å². The number of hydrogen-bond acceptors (Lipinski definition) is 3. The topological polar surface area (TPSA) is 38.7 Å². The summed E-state index contributed by atoms with van der Waals surface area (Å²) in [5.41, 5.74) is -1.06. The summed E-state index contributed by atoms with van der Waals surface area (Å²) in [5, 5.41) is 0. The van der Waals surface area contributed by atoms with Gasteiger partial charge in [-0.05, 0) is 12.1 Å². The van der Waals surface area contributed by atoms with Gasteiger partial charge >= 0.3 is 6.18 Å². The van der Waals surface area contributed by atoms with E-state index in [0.29, 0.717) is 0 Å². The first-order valence-electron chi connectivity index (χ1n) is 3.81. The van der Waals surface area contributed by atoms with Crippen molar-refractivity contribution in [2.45, 2.75) is 6.18 Å². The predicted octanol–water partition coefficient (Wildman–Crippen LogP) is 2.68. The van der Waals surface area contributed by atoms with Gasteiger partial charge in [-0.3, -0.25) is 0 Å². The first-order chi connectivity index (χ1) is 6.97. The summed E-state index contributed by atoms with van der Waals surface area (Å²) in [6.07, 6.45) is -3.33. The van der Waals surface area contributed by atoms with E-state index in [1.165, 1.54) is 19.3 Å². The van der Waals surface area contributed by atoms with Gasteiger partial charge in [0.25, 0.3) is 0 Å². The number of isocyanates is 1. The Labute approximate surface area is 83.2 Å². The third kappa shape index (κ3) is 2.82. The fourth-order valence-electron chi connectivity index (χ4n) is 0.982. The number of rotatable bonds is 2. The summed E-state index contributed by atoms with van der Waals surface area (Å²) in [7, 11) is 1.23. The molecule has 0 saturated carbocycles. The second-order valence-electron chi connectivity index (χ2n) is 2.62. The number of alkyl halides is 3. The summed E-state index contributed by atoms with van der Waals surface area (Å²) < 4.78 is 41.6. The Morgan fingerprint density at radius 2 is 2.00 bits per heavy atom. The molecule has 0 heterocycles. The first-order valence-corrected chi connectivity index (χ1v) is 3.81. The highest BCUT2D eigenvalue weighted by molar-refractivity contribution is 5.53. The molecule has 6 heteroatoms. The summed E-state index contributed by atoms with van der Waals surface area (Å²) >= 11 is 0. The lowest BCUT2D eigenvalue weighted by molar-refractivity contribution is -0.137. The van der Waals surface area contributed by atoms with Crippen LogP contribution in [0.3, 0.4) is 0 Å². The van der Waals surface area contributed by atoms with Crippen molar-refractivity contribution in [3.63, 3.8) is 0 Å². The molecule has 1 aromatic carbocycles. The van der Waals surface area contributed by atoms with Gasteiger partial charge in [0.05, 0.1) is 18.4 Å². The molecule has 0 aliphatic heterocycles. The molecular weight excluding hydrogens is 211 g/mol. The highest BCUT2D eigenvalue weighted by Crippen LogP contribution is 2.34. The predicted molar refractivity (Wildman–Crippen MR) is 45.8 cm³/mol. The first kappa shape index (κ1) is 11.3. The molecule has 0 aliphatic carbocycles. The number of halogens is 3. The van der Waals surface area contributed by atoms with Crippen LogP contribution in [0.2, 0.25) is 0 Å². The van der Waals surface area contributed by atoms with Crippen LogP contribution in [-0.4, -0.2) is 13.2 Å². The number of nitrogens with zero attached hydrogens (tertiary/aromatic N) is 1. The molecule has 0 amide bonds. The molecule has 0 N–H and O–H groups in total. The molecule has 0 spiro atoms. The zero-order valence-electron chi connectivity index (χ0n) is 7.63. The SMILES string of the molecule is COc1cc(N=C=O)cc(C(F)(F)F)c1. The zero-order chi connectivity index (χ0) is 11.5. The zero-order valence-corrected chi connectivity index (χ0v) is 7.63. The van der Waals surface area contributed by atoms with Gasteiger partial charge in [-0.2, -0.15) is 18.2 Å². The van der Waals surface area contributed by atoms with Gasteiger partial charge in [0.1, 0.15) is 5.75 Å². The smallest absolute Gasteiger partial charge is 0.416 e. The molecule has 1 aromatic rings. The van der Waals surface area contributed by atoms with Crippen LogP contribution in [0.15, 0.2) is 23.2 Å². The minimum atomic E-state index is -4.50. The van der Waals surface area contributed by atoms with Gasteiger partial charge in [-0.25, -0.2) is 4.79 Å². The van der Waals surface area contributed by atoms with Crippen molar-refractivity contribution in [3.8, 4) is 5.75 Å². The molecule has 0 atom stereocenters. The molecule has 3 nitrogen and oxygen atoms in total. The Hall–Kier alpha value is -1.81. The van der Waals surface area contributed by atoms with Crippen LogP contribution >= 0.6 is 0 Å². The molecule has 1 rings (SSSR count). The van der Waals surface area contributed by atoms with E-state index in [-0.39, 0.29) is 11.4 Å². The van der Waals surface area contributed by atoms with Crippen molar-refractivity contribution in [1.29, 1.82) is 0 Å². The van der Waals surface area contributed by atoms with E-state index in [2.05, 4.69) is 9.73 Å². The lowest BCUT2D eigenvalue weighted by Gasteiger charge is -2.08. The minimum absolute atomic E-state index is 0.0150. The van der Waals surface area contributed by atoms with Crippen molar-refractivity contribution in [3.05, 3.63) is 23.8 Å². The van der Waals surface area contributed by atoms with Crippen molar-refractivity contribution in [2.24, 2.45) is 4.99 Å². The normalized spacial score (nSPS) is 10.7. The molecular formula is C9H6F3NO2. The van der Waals surface area contributed by atoms with Crippen LogP contribution in [0.25, 0.3) is 0 Å². The van der Waals surface area contributed by atoms with Crippen molar-refractivity contribution < 1.29 is 22.7 Å². The number of benzene rings is 1. The lowest BCUT2D eigenvalue weighted by atomic mass is 10.2. The van der Waals surface area contributed by atoms with E-state index < -0.39 is 11.7 Å². The van der Waals surface area contributed by atoms with Crippen LogP contribution in [0, 0.1) is 0 Å². The lowest BCUT2D eigenvalue weighted by Crippen LogP contribution is -2.04. The number of ether oxygens (including phenoxy) is 1. The van der Waals surface area contributed by atoms with Crippen LogP contribution in [0.4, 0.5) is 18.9 Å². The quantitative estimate of drug-likeness (QED) is 0.564. The van der Waals surface area contributed by atoms with Gasteiger partial charge in [0.2, 0.25) is 6.08 Å².